The lowest BCUT2D eigenvalue weighted by Gasteiger charge is -2.37. The molecule has 2 fully saturated rings. The summed E-state index contributed by atoms with van der Waals surface area (Å²) in [6, 6.07) is 3.73. The zero-order chi connectivity index (χ0) is 18.3. The van der Waals surface area contributed by atoms with Crippen molar-refractivity contribution in [1.82, 2.24) is 15.0 Å². The standard InChI is InChI=1S/C17H23ClN5O2P/c1-10-7-22(8-11(2)25-10)17-20-15-12(3-4-13(18)19-15)16(21-17)23-5-6-24-9-14(23)26/h3-4,10-11,14H,5-9,26H2,1-2H3/t10-,11+,14-/m0/s1. The summed E-state index contributed by atoms with van der Waals surface area (Å²) in [6.45, 7) is 7.75. The van der Waals surface area contributed by atoms with Crippen molar-refractivity contribution in [3.8, 4) is 0 Å². The molecular weight excluding hydrogens is 373 g/mol. The number of anilines is 2. The largest absolute Gasteiger partial charge is 0.377 e. The van der Waals surface area contributed by atoms with E-state index >= 15 is 0 Å². The Bertz CT molecular complexity index is 800. The first-order valence-corrected chi connectivity index (χ1v) is 9.90. The van der Waals surface area contributed by atoms with Gasteiger partial charge in [-0.1, -0.05) is 11.6 Å². The highest BCUT2D eigenvalue weighted by Crippen LogP contribution is 2.31. The number of rotatable bonds is 2. The molecule has 0 N–H and O–H groups in total. The lowest BCUT2D eigenvalue weighted by molar-refractivity contribution is -0.00570. The summed E-state index contributed by atoms with van der Waals surface area (Å²) < 4.78 is 11.4. The summed E-state index contributed by atoms with van der Waals surface area (Å²) >= 11 is 6.13. The fourth-order valence-electron chi connectivity index (χ4n) is 3.55. The molecule has 4 heterocycles. The minimum Gasteiger partial charge on any atom is -0.377 e. The average Bonchev–Trinajstić information content (AvgIpc) is 2.60. The van der Waals surface area contributed by atoms with Gasteiger partial charge in [0.15, 0.2) is 5.65 Å². The highest BCUT2D eigenvalue weighted by atomic mass is 35.5. The quantitative estimate of drug-likeness (QED) is 0.571. The summed E-state index contributed by atoms with van der Waals surface area (Å²) in [4.78, 5) is 18.5. The van der Waals surface area contributed by atoms with Gasteiger partial charge in [-0.05, 0) is 26.0 Å². The molecule has 140 valence electrons. The average molecular weight is 396 g/mol. The van der Waals surface area contributed by atoms with Crippen LogP contribution < -0.4 is 9.80 Å². The van der Waals surface area contributed by atoms with E-state index < -0.39 is 0 Å². The van der Waals surface area contributed by atoms with E-state index in [0.717, 1.165) is 30.8 Å². The third-order valence-electron chi connectivity index (χ3n) is 4.63. The maximum Gasteiger partial charge on any atom is 0.229 e. The van der Waals surface area contributed by atoms with Crippen molar-refractivity contribution in [1.29, 1.82) is 0 Å². The molecule has 7 nitrogen and oxygen atoms in total. The van der Waals surface area contributed by atoms with Crippen LogP contribution in [0.1, 0.15) is 13.8 Å². The van der Waals surface area contributed by atoms with Gasteiger partial charge >= 0.3 is 0 Å². The van der Waals surface area contributed by atoms with E-state index in [-0.39, 0.29) is 18.0 Å². The number of nitrogens with zero attached hydrogens (tertiary/aromatic N) is 5. The fraction of sp³-hybridized carbons (Fsp3) is 0.588. The Morgan fingerprint density at radius 2 is 1.92 bits per heavy atom. The van der Waals surface area contributed by atoms with E-state index in [2.05, 4.69) is 37.9 Å². The van der Waals surface area contributed by atoms with E-state index in [1.54, 1.807) is 6.07 Å². The molecule has 4 rings (SSSR count). The van der Waals surface area contributed by atoms with E-state index in [1.165, 1.54) is 0 Å². The van der Waals surface area contributed by atoms with Crippen LogP contribution in [0, 0.1) is 0 Å². The molecule has 2 aromatic heterocycles. The Balaban J connectivity index is 1.81. The van der Waals surface area contributed by atoms with Crippen molar-refractivity contribution < 1.29 is 9.47 Å². The van der Waals surface area contributed by atoms with Gasteiger partial charge < -0.3 is 19.3 Å². The van der Waals surface area contributed by atoms with Crippen LogP contribution in [0.4, 0.5) is 11.8 Å². The zero-order valence-corrected chi connectivity index (χ0v) is 16.8. The second-order valence-corrected chi connectivity index (χ2v) is 8.01. The van der Waals surface area contributed by atoms with Gasteiger partial charge in [-0.3, -0.25) is 0 Å². The summed E-state index contributed by atoms with van der Waals surface area (Å²) in [5.74, 6) is 1.71. The van der Waals surface area contributed by atoms with Crippen LogP contribution in [0.15, 0.2) is 12.1 Å². The highest BCUT2D eigenvalue weighted by Gasteiger charge is 2.28. The summed E-state index contributed by atoms with van der Waals surface area (Å²) in [6.07, 6.45) is 0.262. The second-order valence-electron chi connectivity index (χ2n) is 6.85. The van der Waals surface area contributed by atoms with Gasteiger partial charge in [-0.2, -0.15) is 9.97 Å². The van der Waals surface area contributed by atoms with Gasteiger partial charge in [0.25, 0.3) is 0 Å². The monoisotopic (exact) mass is 395 g/mol. The number of ether oxygens (including phenoxy) is 2. The predicted octanol–water partition coefficient (Wildman–Crippen LogP) is 2.33. The third kappa shape index (κ3) is 3.58. The molecule has 9 heteroatoms. The van der Waals surface area contributed by atoms with Crippen LogP contribution >= 0.6 is 20.8 Å². The molecule has 0 radical (unpaired) electrons. The van der Waals surface area contributed by atoms with Gasteiger partial charge in [0, 0.05) is 19.6 Å². The molecule has 26 heavy (non-hydrogen) atoms. The van der Waals surface area contributed by atoms with Crippen molar-refractivity contribution in [2.75, 3.05) is 42.6 Å². The zero-order valence-electron chi connectivity index (χ0n) is 14.9. The van der Waals surface area contributed by atoms with Crippen molar-refractivity contribution >= 4 is 43.6 Å². The molecule has 2 saturated heterocycles. The van der Waals surface area contributed by atoms with Crippen molar-refractivity contribution in [2.45, 2.75) is 31.8 Å². The van der Waals surface area contributed by atoms with Gasteiger partial charge in [-0.15, -0.1) is 9.24 Å². The van der Waals surface area contributed by atoms with Crippen LogP contribution in [0.2, 0.25) is 5.15 Å². The fourth-order valence-corrected chi connectivity index (χ4v) is 4.12. The van der Waals surface area contributed by atoms with Gasteiger partial charge in [0.05, 0.1) is 36.6 Å². The molecule has 0 saturated carbocycles. The topological polar surface area (TPSA) is 63.6 Å². The van der Waals surface area contributed by atoms with E-state index in [9.17, 15) is 0 Å². The van der Waals surface area contributed by atoms with E-state index in [4.69, 9.17) is 31.0 Å². The van der Waals surface area contributed by atoms with Crippen LogP contribution in [-0.2, 0) is 9.47 Å². The minimum atomic E-state index is 0.131. The molecule has 2 aromatic rings. The lowest BCUT2D eigenvalue weighted by atomic mass is 10.2. The molecule has 4 atom stereocenters. The number of morpholine rings is 2. The molecule has 2 aliphatic rings. The van der Waals surface area contributed by atoms with Crippen molar-refractivity contribution in [3.63, 3.8) is 0 Å². The second kappa shape index (κ2) is 7.39. The number of fused-ring (bicyclic) bond motifs is 1. The Morgan fingerprint density at radius 3 is 2.65 bits per heavy atom. The Morgan fingerprint density at radius 1 is 1.15 bits per heavy atom. The molecular formula is C17H23ClN5O2P. The Hall–Kier alpha value is -1.27. The first-order valence-electron chi connectivity index (χ1n) is 8.86. The van der Waals surface area contributed by atoms with Gasteiger partial charge in [-0.25, -0.2) is 4.98 Å². The highest BCUT2D eigenvalue weighted by molar-refractivity contribution is 7.17. The molecule has 0 aromatic carbocycles. The van der Waals surface area contributed by atoms with E-state index in [0.29, 0.717) is 30.0 Å². The normalized spacial score (nSPS) is 27.2. The van der Waals surface area contributed by atoms with Gasteiger partial charge in [0.2, 0.25) is 5.95 Å². The van der Waals surface area contributed by atoms with Crippen LogP contribution in [0.25, 0.3) is 11.0 Å². The smallest absolute Gasteiger partial charge is 0.229 e. The van der Waals surface area contributed by atoms with Gasteiger partial charge in [0.1, 0.15) is 11.0 Å². The molecule has 0 spiro atoms. The molecule has 2 aliphatic heterocycles. The summed E-state index contributed by atoms with van der Waals surface area (Å²) in [7, 11) is 2.83. The number of aromatic nitrogens is 3. The first kappa shape index (κ1) is 18.1. The van der Waals surface area contributed by atoms with E-state index in [1.807, 2.05) is 6.07 Å². The Kier molecular flexibility index (Phi) is 5.15. The number of halogens is 1. The molecule has 0 amide bonds. The molecule has 0 aliphatic carbocycles. The maximum absolute atomic E-state index is 6.13. The minimum absolute atomic E-state index is 0.131. The molecule has 0 bridgehead atoms. The predicted molar refractivity (Wildman–Crippen MR) is 106 cm³/mol. The summed E-state index contributed by atoms with van der Waals surface area (Å²) in [5, 5.41) is 1.34. The summed E-state index contributed by atoms with van der Waals surface area (Å²) in [5.41, 5.74) is 0.619. The number of hydrogen-bond acceptors (Lipinski definition) is 7. The van der Waals surface area contributed by atoms with Crippen LogP contribution in [0.3, 0.4) is 0 Å². The van der Waals surface area contributed by atoms with Crippen LogP contribution in [0.5, 0.6) is 0 Å². The number of hydrogen-bond donors (Lipinski definition) is 0. The lowest BCUT2D eigenvalue weighted by Crippen LogP contribution is -2.47. The SMILES string of the molecule is C[C@@H]1CN(c2nc(N3CCOC[C@@H]3P)c3ccc(Cl)nc3n2)C[C@H](C)O1. The maximum atomic E-state index is 6.13. The number of pyridine rings is 1. The van der Waals surface area contributed by atoms with Crippen LogP contribution in [-0.4, -0.2) is 65.8 Å². The van der Waals surface area contributed by atoms with Crippen molar-refractivity contribution in [2.24, 2.45) is 0 Å². The van der Waals surface area contributed by atoms with Crippen molar-refractivity contribution in [3.05, 3.63) is 17.3 Å². The Labute approximate surface area is 160 Å². The first-order chi connectivity index (χ1) is 12.5. The molecule has 1 unspecified atom stereocenters. The third-order valence-corrected chi connectivity index (χ3v) is 5.40.